The molecule has 2 aliphatic heterocycles. The van der Waals surface area contributed by atoms with Gasteiger partial charge in [-0.3, -0.25) is 9.69 Å². The van der Waals surface area contributed by atoms with Gasteiger partial charge in [-0.15, -0.1) is 5.10 Å². The number of hydrogen-bond donors (Lipinski definition) is 2. The minimum Gasteiger partial charge on any atom is -0.353 e. The lowest BCUT2D eigenvalue weighted by atomic mass is 10.0. The van der Waals surface area contributed by atoms with Gasteiger partial charge in [0.2, 0.25) is 11.9 Å². The minimum atomic E-state index is 0.111. The highest BCUT2D eigenvalue weighted by molar-refractivity contribution is 6.01. The number of rotatable bonds is 6. The molecule has 3 heterocycles. The maximum Gasteiger partial charge on any atom is 0.243 e. The van der Waals surface area contributed by atoms with Crippen molar-refractivity contribution < 1.29 is 4.79 Å². The zero-order chi connectivity index (χ0) is 20.3. The van der Waals surface area contributed by atoms with Crippen LogP contribution in [-0.2, 0) is 24.3 Å². The van der Waals surface area contributed by atoms with Crippen molar-refractivity contribution >= 4 is 17.7 Å². The summed E-state index contributed by atoms with van der Waals surface area (Å²) in [4.78, 5) is 19.4. The first kappa shape index (κ1) is 18.6. The summed E-state index contributed by atoms with van der Waals surface area (Å²) < 4.78 is 1.84. The van der Waals surface area contributed by atoms with Gasteiger partial charge in [-0.25, -0.2) is 4.68 Å². The Labute approximate surface area is 175 Å². The third kappa shape index (κ3) is 3.97. The smallest absolute Gasteiger partial charge is 0.243 e. The number of carbonyl (C=O) groups is 1. The molecule has 5 rings (SSSR count). The van der Waals surface area contributed by atoms with Crippen molar-refractivity contribution in [3.05, 3.63) is 83.1 Å². The molecule has 2 N–H and O–H groups in total. The molecular formula is C23H24N6O. The maximum absolute atomic E-state index is 12.7. The number of nitrogens with one attached hydrogen (secondary N) is 2. The molecule has 1 aromatic heterocycles. The van der Waals surface area contributed by atoms with Crippen LogP contribution in [0.25, 0.3) is 0 Å². The van der Waals surface area contributed by atoms with Crippen molar-refractivity contribution in [3.8, 4) is 0 Å². The van der Waals surface area contributed by atoms with Crippen LogP contribution in [-0.4, -0.2) is 45.1 Å². The molecule has 0 amide bonds. The number of aromatic nitrogens is 3. The maximum atomic E-state index is 12.7. The summed E-state index contributed by atoms with van der Waals surface area (Å²) in [5, 5.41) is 11.1. The second-order valence-electron chi connectivity index (χ2n) is 7.74. The Bertz CT molecular complexity index is 1070. The molecule has 0 bridgehead atoms. The van der Waals surface area contributed by atoms with Crippen molar-refractivity contribution in [1.29, 1.82) is 0 Å². The van der Waals surface area contributed by atoms with Crippen LogP contribution < -0.4 is 10.6 Å². The number of nitrogens with zero attached hydrogens (tertiary/aromatic N) is 4. The number of ketones is 1. The van der Waals surface area contributed by atoms with Crippen LogP contribution in [0.15, 0.2) is 71.9 Å². The molecule has 0 spiro atoms. The van der Waals surface area contributed by atoms with Crippen LogP contribution in [0.4, 0.5) is 11.9 Å². The summed E-state index contributed by atoms with van der Waals surface area (Å²) in [5.41, 5.74) is 4.24. The highest BCUT2D eigenvalue weighted by Gasteiger charge is 2.31. The fourth-order valence-electron chi connectivity index (χ4n) is 4.00. The first-order valence-electron chi connectivity index (χ1n) is 10.3. The molecule has 30 heavy (non-hydrogen) atoms. The van der Waals surface area contributed by atoms with Gasteiger partial charge in [0, 0.05) is 19.6 Å². The average Bonchev–Trinajstić information content (AvgIpc) is 3.15. The van der Waals surface area contributed by atoms with Gasteiger partial charge in [0.1, 0.15) is 0 Å². The zero-order valence-corrected chi connectivity index (χ0v) is 16.7. The van der Waals surface area contributed by atoms with E-state index >= 15 is 0 Å². The van der Waals surface area contributed by atoms with Crippen LogP contribution in [0, 0.1) is 0 Å². The summed E-state index contributed by atoms with van der Waals surface area (Å²) in [6, 6.07) is 20.6. The van der Waals surface area contributed by atoms with Crippen LogP contribution in [0.3, 0.4) is 0 Å². The fourth-order valence-corrected chi connectivity index (χ4v) is 4.00. The second kappa shape index (κ2) is 8.12. The average molecular weight is 400 g/mol. The highest BCUT2D eigenvalue weighted by Crippen LogP contribution is 2.26. The lowest BCUT2D eigenvalue weighted by Gasteiger charge is -2.32. The summed E-state index contributed by atoms with van der Waals surface area (Å²) in [6.07, 6.45) is 0.903. The molecule has 152 valence electrons. The van der Waals surface area contributed by atoms with E-state index in [1.807, 2.05) is 41.1 Å². The normalized spacial score (nSPS) is 16.1. The largest absolute Gasteiger partial charge is 0.353 e. The van der Waals surface area contributed by atoms with E-state index < -0.39 is 0 Å². The molecule has 2 aromatic carbocycles. The molecule has 0 aliphatic carbocycles. The summed E-state index contributed by atoms with van der Waals surface area (Å²) >= 11 is 0. The predicted octanol–water partition coefficient (Wildman–Crippen LogP) is 2.70. The van der Waals surface area contributed by atoms with Gasteiger partial charge in [0.25, 0.3) is 0 Å². The van der Waals surface area contributed by atoms with Crippen LogP contribution in [0.1, 0.15) is 11.1 Å². The summed E-state index contributed by atoms with van der Waals surface area (Å²) in [5.74, 6) is 1.32. The Morgan fingerprint density at radius 3 is 2.43 bits per heavy atom. The molecule has 0 radical (unpaired) electrons. The molecule has 0 saturated heterocycles. The van der Waals surface area contributed by atoms with Gasteiger partial charge in [-0.2, -0.15) is 4.98 Å². The monoisotopic (exact) mass is 400 g/mol. The lowest BCUT2D eigenvalue weighted by molar-refractivity contribution is -0.117. The summed E-state index contributed by atoms with van der Waals surface area (Å²) in [6.45, 7) is 3.27. The van der Waals surface area contributed by atoms with E-state index in [0.29, 0.717) is 30.7 Å². The Morgan fingerprint density at radius 1 is 0.933 bits per heavy atom. The van der Waals surface area contributed by atoms with Crippen molar-refractivity contribution in [3.63, 3.8) is 0 Å². The van der Waals surface area contributed by atoms with E-state index in [9.17, 15) is 4.79 Å². The first-order valence-corrected chi connectivity index (χ1v) is 10.3. The van der Waals surface area contributed by atoms with Crippen LogP contribution in [0.2, 0.25) is 0 Å². The Hall–Kier alpha value is -3.45. The number of benzene rings is 2. The van der Waals surface area contributed by atoms with E-state index in [-0.39, 0.29) is 5.78 Å². The van der Waals surface area contributed by atoms with E-state index in [2.05, 4.69) is 49.9 Å². The van der Waals surface area contributed by atoms with E-state index in [4.69, 9.17) is 0 Å². The third-order valence-electron chi connectivity index (χ3n) is 5.45. The lowest BCUT2D eigenvalue weighted by Crippen LogP contribution is -2.42. The van der Waals surface area contributed by atoms with Gasteiger partial charge < -0.3 is 10.6 Å². The molecule has 0 atom stereocenters. The standard InChI is InChI=1S/C23H24N6O/c30-20-16-28(13-18-9-5-2-6-10-18)14-19-15-29-23(25-21(19)20)26-22(27-29)24-12-11-17-7-3-1-4-8-17/h1-10H,11-16H2,(H2,24,25,26,27). The molecular weight excluding hydrogens is 376 g/mol. The van der Waals surface area contributed by atoms with Crippen molar-refractivity contribution in [2.75, 3.05) is 30.3 Å². The summed E-state index contributed by atoms with van der Waals surface area (Å²) in [7, 11) is 0. The number of hydrogen-bond acceptors (Lipinski definition) is 6. The fraction of sp³-hybridized carbons (Fsp3) is 0.261. The van der Waals surface area contributed by atoms with Crippen molar-refractivity contribution in [2.24, 2.45) is 0 Å². The minimum absolute atomic E-state index is 0.111. The van der Waals surface area contributed by atoms with E-state index in [1.54, 1.807) is 0 Å². The van der Waals surface area contributed by atoms with E-state index in [0.717, 1.165) is 31.6 Å². The topological polar surface area (TPSA) is 75.1 Å². The molecule has 7 nitrogen and oxygen atoms in total. The van der Waals surface area contributed by atoms with Gasteiger partial charge >= 0.3 is 0 Å². The Morgan fingerprint density at radius 2 is 1.67 bits per heavy atom. The molecule has 0 saturated carbocycles. The quantitative estimate of drug-likeness (QED) is 0.663. The van der Waals surface area contributed by atoms with Gasteiger partial charge in [0.05, 0.1) is 18.8 Å². The van der Waals surface area contributed by atoms with E-state index in [1.165, 1.54) is 11.1 Å². The number of carbonyl (C=O) groups excluding carboxylic acids is 1. The number of Topliss-reactive ketones (excluding diaryl/α,β-unsaturated/α-hetero) is 1. The predicted molar refractivity (Wildman–Crippen MR) is 116 cm³/mol. The molecule has 7 heteroatoms. The second-order valence-corrected chi connectivity index (χ2v) is 7.74. The molecule has 3 aromatic rings. The SMILES string of the molecule is O=C1CN(Cc2ccccc2)CC2=C1Nc1nc(NCCc3ccccc3)nn1C2. The third-order valence-corrected chi connectivity index (χ3v) is 5.45. The first-order chi connectivity index (χ1) is 14.7. The van der Waals surface area contributed by atoms with Gasteiger partial charge in [-0.1, -0.05) is 60.7 Å². The molecule has 2 aliphatic rings. The highest BCUT2D eigenvalue weighted by atomic mass is 16.1. The Balaban J connectivity index is 1.23. The van der Waals surface area contributed by atoms with Gasteiger partial charge in [-0.05, 0) is 23.1 Å². The Kier molecular flexibility index (Phi) is 5.03. The number of anilines is 2. The number of fused-ring (bicyclic) bond motifs is 1. The van der Waals surface area contributed by atoms with Crippen molar-refractivity contribution in [1.82, 2.24) is 19.7 Å². The zero-order valence-electron chi connectivity index (χ0n) is 16.7. The van der Waals surface area contributed by atoms with Crippen molar-refractivity contribution in [2.45, 2.75) is 19.5 Å². The molecule has 0 unspecified atom stereocenters. The molecule has 0 fully saturated rings. The van der Waals surface area contributed by atoms with Gasteiger partial charge in [0.15, 0.2) is 5.78 Å². The van der Waals surface area contributed by atoms with Crippen LogP contribution in [0.5, 0.6) is 0 Å². The van der Waals surface area contributed by atoms with Crippen LogP contribution >= 0.6 is 0 Å².